The number of nitrogens with one attached hydrogen (secondary N) is 1. The first-order valence-electron chi connectivity index (χ1n) is 6.30. The molecule has 0 amide bonds. The van der Waals surface area contributed by atoms with E-state index in [1.807, 2.05) is 11.3 Å². The summed E-state index contributed by atoms with van der Waals surface area (Å²) >= 11 is 11.4. The number of alkyl halides is 1. The minimum Gasteiger partial charge on any atom is -0.312 e. The van der Waals surface area contributed by atoms with Gasteiger partial charge in [0.05, 0.1) is 0 Å². The van der Waals surface area contributed by atoms with E-state index in [4.69, 9.17) is 11.6 Å². The van der Waals surface area contributed by atoms with Gasteiger partial charge in [0.1, 0.15) is 0 Å². The molecule has 96 valence electrons. The molecule has 2 unspecified atom stereocenters. The van der Waals surface area contributed by atoms with E-state index in [0.29, 0.717) is 0 Å². The molecule has 0 radical (unpaired) electrons. The lowest BCUT2D eigenvalue weighted by molar-refractivity contribution is 0.251. The van der Waals surface area contributed by atoms with Crippen LogP contribution in [0, 0.1) is 11.8 Å². The summed E-state index contributed by atoms with van der Waals surface area (Å²) in [5.41, 5.74) is 0. The molecule has 1 N–H and O–H groups in total. The molecule has 1 aliphatic rings. The summed E-state index contributed by atoms with van der Waals surface area (Å²) < 4.78 is 1.23. The molecule has 1 nitrogen and oxygen atoms in total. The lowest BCUT2D eigenvalue weighted by Crippen LogP contribution is -2.31. The Labute approximate surface area is 121 Å². The van der Waals surface area contributed by atoms with Gasteiger partial charge in [-0.1, -0.05) is 12.8 Å². The third kappa shape index (κ3) is 3.95. The molecule has 4 heteroatoms. The highest BCUT2D eigenvalue weighted by atomic mass is 79.9. The second-order valence-electron chi connectivity index (χ2n) is 4.78. The molecular weight excluding hydrogens is 318 g/mol. The quantitative estimate of drug-likeness (QED) is 0.772. The Morgan fingerprint density at radius 2 is 2.12 bits per heavy atom. The smallest absolute Gasteiger partial charge is 0.0327 e. The van der Waals surface area contributed by atoms with E-state index < -0.39 is 0 Å². The van der Waals surface area contributed by atoms with Gasteiger partial charge < -0.3 is 5.32 Å². The van der Waals surface area contributed by atoms with Gasteiger partial charge in [0.25, 0.3) is 0 Å². The Morgan fingerprint density at radius 1 is 1.35 bits per heavy atom. The standard InChI is InChI=1S/C13H19BrClNS/c14-12-5-6-17-13(12)9-16-8-11-4-2-1-3-10(11)7-15/h5-6,10-11,16H,1-4,7-9H2. The van der Waals surface area contributed by atoms with E-state index in [0.717, 1.165) is 30.8 Å². The van der Waals surface area contributed by atoms with E-state index in [9.17, 15) is 0 Å². The maximum atomic E-state index is 6.05. The molecule has 1 aromatic rings. The highest BCUT2D eigenvalue weighted by molar-refractivity contribution is 9.10. The average Bonchev–Trinajstić information content (AvgIpc) is 2.76. The Morgan fingerprint density at radius 3 is 2.76 bits per heavy atom. The predicted molar refractivity (Wildman–Crippen MR) is 79.9 cm³/mol. The van der Waals surface area contributed by atoms with E-state index in [2.05, 4.69) is 32.7 Å². The lowest BCUT2D eigenvalue weighted by Gasteiger charge is -2.30. The van der Waals surface area contributed by atoms with Crippen LogP contribution in [0.1, 0.15) is 30.6 Å². The van der Waals surface area contributed by atoms with Crippen LogP contribution in [0.15, 0.2) is 15.9 Å². The number of rotatable bonds is 5. The second kappa shape index (κ2) is 7.13. The van der Waals surface area contributed by atoms with Crippen LogP contribution in [0.4, 0.5) is 0 Å². The van der Waals surface area contributed by atoms with Crippen molar-refractivity contribution < 1.29 is 0 Å². The zero-order valence-electron chi connectivity index (χ0n) is 9.92. The van der Waals surface area contributed by atoms with Crippen LogP contribution >= 0.6 is 38.9 Å². The summed E-state index contributed by atoms with van der Waals surface area (Å²) in [5, 5.41) is 5.71. The van der Waals surface area contributed by atoms with Crippen molar-refractivity contribution in [1.29, 1.82) is 0 Å². The molecule has 0 aliphatic heterocycles. The van der Waals surface area contributed by atoms with Crippen molar-refractivity contribution in [3.63, 3.8) is 0 Å². The van der Waals surface area contributed by atoms with E-state index in [1.165, 1.54) is 35.0 Å². The minimum atomic E-state index is 0.727. The molecule has 0 saturated heterocycles. The van der Waals surface area contributed by atoms with Crippen LogP contribution in [0.25, 0.3) is 0 Å². The first-order valence-corrected chi connectivity index (χ1v) is 8.50. The van der Waals surface area contributed by atoms with Gasteiger partial charge in [-0.2, -0.15) is 0 Å². The summed E-state index contributed by atoms with van der Waals surface area (Å²) in [7, 11) is 0. The third-order valence-corrected chi connectivity index (χ3v) is 5.97. The summed E-state index contributed by atoms with van der Waals surface area (Å²) in [5.74, 6) is 2.33. The van der Waals surface area contributed by atoms with Gasteiger partial charge in [-0.15, -0.1) is 22.9 Å². The SMILES string of the molecule is ClCC1CCCCC1CNCc1sccc1Br. The van der Waals surface area contributed by atoms with Gasteiger partial charge in [0.2, 0.25) is 0 Å². The van der Waals surface area contributed by atoms with Gasteiger partial charge in [-0.3, -0.25) is 0 Å². The van der Waals surface area contributed by atoms with Crippen LogP contribution in [0.3, 0.4) is 0 Å². The summed E-state index contributed by atoms with van der Waals surface area (Å²) in [4.78, 5) is 1.39. The molecule has 1 saturated carbocycles. The van der Waals surface area contributed by atoms with Gasteiger partial charge >= 0.3 is 0 Å². The zero-order valence-corrected chi connectivity index (χ0v) is 13.1. The van der Waals surface area contributed by atoms with Crippen molar-refractivity contribution in [3.05, 3.63) is 20.8 Å². The Hall–Kier alpha value is 0.430. The number of hydrogen-bond donors (Lipinski definition) is 1. The Bertz CT molecular complexity index is 342. The summed E-state index contributed by atoms with van der Waals surface area (Å²) in [6.45, 7) is 2.09. The van der Waals surface area contributed by atoms with Crippen molar-refractivity contribution in [3.8, 4) is 0 Å². The summed E-state index contributed by atoms with van der Waals surface area (Å²) in [6.07, 6.45) is 5.40. The Balaban J connectivity index is 1.75. The van der Waals surface area contributed by atoms with E-state index in [1.54, 1.807) is 0 Å². The second-order valence-corrected chi connectivity index (χ2v) is 6.95. The number of hydrogen-bond acceptors (Lipinski definition) is 2. The van der Waals surface area contributed by atoms with Crippen molar-refractivity contribution in [2.75, 3.05) is 12.4 Å². The maximum absolute atomic E-state index is 6.05. The normalized spacial score (nSPS) is 25.1. The van der Waals surface area contributed by atoms with Crippen LogP contribution < -0.4 is 5.32 Å². The largest absolute Gasteiger partial charge is 0.312 e. The molecule has 0 aromatic carbocycles. The fraction of sp³-hybridized carbons (Fsp3) is 0.692. The van der Waals surface area contributed by atoms with Crippen LogP contribution in [0.2, 0.25) is 0 Å². The first kappa shape index (κ1) is 13.9. The molecule has 2 atom stereocenters. The predicted octanol–water partition coefficient (Wildman–Crippen LogP) is 4.65. The van der Waals surface area contributed by atoms with Crippen LogP contribution in [0.5, 0.6) is 0 Å². The Kier molecular flexibility index (Phi) is 5.81. The number of halogens is 2. The summed E-state index contributed by atoms with van der Waals surface area (Å²) in [6, 6.07) is 2.11. The molecule has 1 aliphatic carbocycles. The van der Waals surface area contributed by atoms with Gasteiger partial charge in [0, 0.05) is 21.8 Å². The van der Waals surface area contributed by atoms with Crippen LogP contribution in [-0.4, -0.2) is 12.4 Å². The van der Waals surface area contributed by atoms with Gasteiger partial charge in [-0.05, 0) is 58.6 Å². The molecule has 1 fully saturated rings. The molecule has 0 bridgehead atoms. The van der Waals surface area contributed by atoms with Crippen molar-refractivity contribution in [2.24, 2.45) is 11.8 Å². The minimum absolute atomic E-state index is 0.727. The molecule has 2 rings (SSSR count). The fourth-order valence-electron chi connectivity index (χ4n) is 2.58. The van der Waals surface area contributed by atoms with E-state index in [-0.39, 0.29) is 0 Å². The molecule has 1 aromatic heterocycles. The fourth-order valence-corrected chi connectivity index (χ4v) is 4.45. The number of thiophene rings is 1. The molecule has 17 heavy (non-hydrogen) atoms. The van der Waals surface area contributed by atoms with E-state index >= 15 is 0 Å². The van der Waals surface area contributed by atoms with Gasteiger partial charge in [0.15, 0.2) is 0 Å². The zero-order chi connectivity index (χ0) is 12.1. The maximum Gasteiger partial charge on any atom is 0.0327 e. The molecular formula is C13H19BrClNS. The first-order chi connectivity index (χ1) is 8.31. The van der Waals surface area contributed by atoms with Crippen molar-refractivity contribution >= 4 is 38.9 Å². The monoisotopic (exact) mass is 335 g/mol. The van der Waals surface area contributed by atoms with Crippen LogP contribution in [-0.2, 0) is 6.54 Å². The highest BCUT2D eigenvalue weighted by Crippen LogP contribution is 2.30. The van der Waals surface area contributed by atoms with Crippen molar-refractivity contribution in [2.45, 2.75) is 32.2 Å². The van der Waals surface area contributed by atoms with Gasteiger partial charge in [-0.25, -0.2) is 0 Å². The lowest BCUT2D eigenvalue weighted by atomic mass is 9.80. The third-order valence-electron chi connectivity index (χ3n) is 3.65. The highest BCUT2D eigenvalue weighted by Gasteiger charge is 2.23. The molecule has 0 spiro atoms. The molecule has 1 heterocycles. The average molecular weight is 337 g/mol. The topological polar surface area (TPSA) is 12.0 Å². The van der Waals surface area contributed by atoms with Crippen molar-refractivity contribution in [1.82, 2.24) is 5.32 Å².